The van der Waals surface area contributed by atoms with Crippen molar-refractivity contribution < 1.29 is 8.42 Å². The lowest BCUT2D eigenvalue weighted by Gasteiger charge is -2.52. The first kappa shape index (κ1) is 18.4. The molecule has 0 N–H and O–H groups in total. The largest absolute Gasteiger partial charge is 0.296 e. The molecule has 3 heterocycles. The fraction of sp³-hybridized carbons (Fsp3) is 0.700. The van der Waals surface area contributed by atoms with Gasteiger partial charge in [-0.1, -0.05) is 38.1 Å². The highest BCUT2D eigenvalue weighted by atomic mass is 32.2. The summed E-state index contributed by atoms with van der Waals surface area (Å²) in [7, 11) is -3.36. The Morgan fingerprint density at radius 3 is 2.69 bits per heavy atom. The minimum atomic E-state index is -3.36. The van der Waals surface area contributed by atoms with Crippen molar-refractivity contribution in [1.29, 1.82) is 0 Å². The molecule has 2 fully saturated rings. The van der Waals surface area contributed by atoms with Gasteiger partial charge in [0.25, 0.3) is 10.2 Å². The van der Waals surface area contributed by atoms with Gasteiger partial charge < -0.3 is 0 Å². The first-order chi connectivity index (χ1) is 12.6. The zero-order chi connectivity index (χ0) is 18.3. The maximum atomic E-state index is 13.2. The lowest BCUT2D eigenvalue weighted by molar-refractivity contribution is 0.0199. The van der Waals surface area contributed by atoms with E-state index in [-0.39, 0.29) is 6.04 Å². The molecule has 2 saturated heterocycles. The molecular weight excluding hydrogens is 346 g/mol. The summed E-state index contributed by atoms with van der Waals surface area (Å²) in [6.07, 6.45) is 4.18. The first-order valence-corrected chi connectivity index (χ1v) is 11.5. The molecule has 0 aromatic heterocycles. The monoisotopic (exact) mass is 377 g/mol. The first-order valence-electron chi connectivity index (χ1n) is 10.1. The molecule has 6 heteroatoms. The average Bonchev–Trinajstić information content (AvgIpc) is 2.66. The van der Waals surface area contributed by atoms with Crippen LogP contribution < -0.4 is 0 Å². The molecule has 0 amide bonds. The normalized spacial score (nSPS) is 29.9. The van der Waals surface area contributed by atoms with Gasteiger partial charge in [0.1, 0.15) is 0 Å². The van der Waals surface area contributed by atoms with Crippen molar-refractivity contribution in [3.63, 3.8) is 0 Å². The summed E-state index contributed by atoms with van der Waals surface area (Å²) in [6, 6.07) is 9.25. The number of rotatable bonds is 4. The van der Waals surface area contributed by atoms with Gasteiger partial charge in [-0.25, -0.2) is 0 Å². The van der Waals surface area contributed by atoms with E-state index in [4.69, 9.17) is 0 Å². The number of piperidine rings is 2. The van der Waals surface area contributed by atoms with Gasteiger partial charge in [0, 0.05) is 44.8 Å². The van der Waals surface area contributed by atoms with E-state index in [1.807, 2.05) is 18.2 Å². The molecule has 0 unspecified atom stereocenters. The topological polar surface area (TPSA) is 43.9 Å². The molecule has 0 spiro atoms. The molecule has 1 aromatic carbocycles. The lowest BCUT2D eigenvalue weighted by Crippen LogP contribution is -2.59. The Bertz CT molecular complexity index is 747. The predicted octanol–water partition coefficient (Wildman–Crippen LogP) is 2.66. The van der Waals surface area contributed by atoms with Crippen molar-refractivity contribution in [3.8, 4) is 0 Å². The van der Waals surface area contributed by atoms with Crippen LogP contribution in [-0.2, 0) is 16.6 Å². The van der Waals surface area contributed by atoms with E-state index in [1.165, 1.54) is 11.1 Å². The van der Waals surface area contributed by atoms with Gasteiger partial charge in [0.2, 0.25) is 0 Å². The SMILES string of the molecule is CCN(CC)S(=O)(=O)N1CCC[C@@H]2CN3CCc4ccccc4[C@H]3C[C@@H]21. The highest BCUT2D eigenvalue weighted by Gasteiger charge is 2.46. The van der Waals surface area contributed by atoms with E-state index in [1.54, 1.807) is 4.31 Å². The van der Waals surface area contributed by atoms with Crippen LogP contribution in [0.3, 0.4) is 0 Å². The maximum absolute atomic E-state index is 13.2. The molecule has 0 bridgehead atoms. The van der Waals surface area contributed by atoms with Crippen LogP contribution in [0.15, 0.2) is 24.3 Å². The summed E-state index contributed by atoms with van der Waals surface area (Å²) >= 11 is 0. The van der Waals surface area contributed by atoms with E-state index >= 15 is 0 Å². The van der Waals surface area contributed by atoms with Crippen LogP contribution >= 0.6 is 0 Å². The molecule has 5 nitrogen and oxygen atoms in total. The Labute approximate surface area is 158 Å². The molecule has 0 radical (unpaired) electrons. The summed E-state index contributed by atoms with van der Waals surface area (Å²) in [6.45, 7) is 7.77. The minimum Gasteiger partial charge on any atom is -0.296 e. The van der Waals surface area contributed by atoms with Crippen LogP contribution in [0, 0.1) is 5.92 Å². The van der Waals surface area contributed by atoms with Crippen LogP contribution in [-0.4, -0.2) is 60.7 Å². The second-order valence-corrected chi connectivity index (χ2v) is 9.75. The number of hydrogen-bond acceptors (Lipinski definition) is 3. The van der Waals surface area contributed by atoms with Crippen molar-refractivity contribution >= 4 is 10.2 Å². The Morgan fingerprint density at radius 2 is 1.92 bits per heavy atom. The van der Waals surface area contributed by atoms with Gasteiger partial charge in [0.15, 0.2) is 0 Å². The molecule has 3 atom stereocenters. The van der Waals surface area contributed by atoms with Crippen LogP contribution in [0.25, 0.3) is 0 Å². The van der Waals surface area contributed by atoms with Crippen molar-refractivity contribution in [2.45, 2.75) is 51.6 Å². The van der Waals surface area contributed by atoms with E-state index in [9.17, 15) is 8.42 Å². The van der Waals surface area contributed by atoms with Crippen molar-refractivity contribution in [2.75, 3.05) is 32.7 Å². The molecule has 1 aromatic rings. The third kappa shape index (κ3) is 3.01. The number of fused-ring (bicyclic) bond motifs is 4. The molecular formula is C20H31N3O2S. The van der Waals surface area contributed by atoms with Gasteiger partial charge in [-0.2, -0.15) is 17.0 Å². The quantitative estimate of drug-likeness (QED) is 0.810. The van der Waals surface area contributed by atoms with E-state index < -0.39 is 10.2 Å². The van der Waals surface area contributed by atoms with Crippen LogP contribution in [0.5, 0.6) is 0 Å². The fourth-order valence-corrected chi connectivity index (χ4v) is 7.25. The minimum absolute atomic E-state index is 0.141. The molecule has 0 saturated carbocycles. The van der Waals surface area contributed by atoms with Gasteiger partial charge in [0.05, 0.1) is 0 Å². The standard InChI is InChI=1S/C20H31N3O2S/c1-3-22(4-2)26(24,25)23-12-7-9-17-15-21-13-11-16-8-5-6-10-18(16)20(21)14-19(17)23/h5-6,8,10,17,19-20H,3-4,7,9,11-15H2,1-2H3/t17-,19+,20-/m1/s1. The van der Waals surface area contributed by atoms with Crippen molar-refractivity contribution in [3.05, 3.63) is 35.4 Å². The highest BCUT2D eigenvalue weighted by molar-refractivity contribution is 7.86. The second-order valence-electron chi connectivity index (χ2n) is 7.87. The molecule has 26 heavy (non-hydrogen) atoms. The van der Waals surface area contributed by atoms with Gasteiger partial charge in [-0.15, -0.1) is 0 Å². The van der Waals surface area contributed by atoms with Crippen LogP contribution in [0.2, 0.25) is 0 Å². The Kier molecular flexibility index (Phi) is 5.12. The van der Waals surface area contributed by atoms with Crippen LogP contribution in [0.4, 0.5) is 0 Å². The Hall–Kier alpha value is -0.950. The van der Waals surface area contributed by atoms with Crippen molar-refractivity contribution in [2.24, 2.45) is 5.92 Å². The molecule has 144 valence electrons. The van der Waals surface area contributed by atoms with Crippen LogP contribution in [0.1, 0.15) is 50.3 Å². The van der Waals surface area contributed by atoms with Gasteiger partial charge in [-0.3, -0.25) is 4.90 Å². The average molecular weight is 378 g/mol. The highest BCUT2D eigenvalue weighted by Crippen LogP contribution is 2.43. The summed E-state index contributed by atoms with van der Waals surface area (Å²) in [5.41, 5.74) is 2.86. The smallest absolute Gasteiger partial charge is 0.282 e. The Balaban J connectivity index is 1.64. The number of nitrogens with zero attached hydrogens (tertiary/aromatic N) is 3. The Morgan fingerprint density at radius 1 is 1.15 bits per heavy atom. The second kappa shape index (κ2) is 7.23. The third-order valence-electron chi connectivity index (χ3n) is 6.65. The summed E-state index contributed by atoms with van der Waals surface area (Å²) in [4.78, 5) is 2.61. The van der Waals surface area contributed by atoms with E-state index in [2.05, 4.69) is 29.2 Å². The zero-order valence-corrected chi connectivity index (χ0v) is 16.8. The molecule has 3 aliphatic rings. The van der Waals surface area contributed by atoms with E-state index in [0.717, 1.165) is 38.8 Å². The predicted molar refractivity (Wildman–Crippen MR) is 104 cm³/mol. The maximum Gasteiger partial charge on any atom is 0.282 e. The van der Waals surface area contributed by atoms with Crippen molar-refractivity contribution in [1.82, 2.24) is 13.5 Å². The fourth-order valence-electron chi connectivity index (χ4n) is 5.34. The zero-order valence-electron chi connectivity index (χ0n) is 16.0. The summed E-state index contributed by atoms with van der Waals surface area (Å²) < 4.78 is 30.0. The van der Waals surface area contributed by atoms with Gasteiger partial charge >= 0.3 is 0 Å². The molecule has 0 aliphatic carbocycles. The lowest BCUT2D eigenvalue weighted by atomic mass is 9.77. The summed E-state index contributed by atoms with van der Waals surface area (Å²) in [5.74, 6) is 0.468. The summed E-state index contributed by atoms with van der Waals surface area (Å²) in [5, 5.41) is 0. The van der Waals surface area contributed by atoms with Gasteiger partial charge in [-0.05, 0) is 42.7 Å². The molecule has 4 rings (SSSR count). The number of hydrogen-bond donors (Lipinski definition) is 0. The third-order valence-corrected chi connectivity index (χ3v) is 8.87. The number of benzene rings is 1. The molecule has 3 aliphatic heterocycles. The van der Waals surface area contributed by atoms with E-state index in [0.29, 0.717) is 31.6 Å².